The van der Waals surface area contributed by atoms with Crippen molar-refractivity contribution in [2.45, 2.75) is 12.8 Å². The lowest BCUT2D eigenvalue weighted by Gasteiger charge is -2.13. The molecule has 1 amide bonds. The zero-order valence-electron chi connectivity index (χ0n) is 11.4. The van der Waals surface area contributed by atoms with Gasteiger partial charge in [-0.15, -0.1) is 0 Å². The molecule has 0 bridgehead atoms. The minimum Gasteiger partial charge on any atom is -0.351 e. The third-order valence-electron chi connectivity index (χ3n) is 3.19. The van der Waals surface area contributed by atoms with Gasteiger partial charge >= 0.3 is 0 Å². The standard InChI is InChI=1S/C16H14Cl2FNO/c1-10(11-2-5-13(19)6-3-11)9-20-16(21)12-4-7-14(17)15(18)8-12/h2-8,10H,9H2,1H3,(H,20,21). The van der Waals surface area contributed by atoms with Gasteiger partial charge in [-0.1, -0.05) is 42.3 Å². The van der Waals surface area contributed by atoms with Gasteiger partial charge in [0.15, 0.2) is 0 Å². The van der Waals surface area contributed by atoms with E-state index >= 15 is 0 Å². The molecule has 0 aliphatic rings. The Balaban J connectivity index is 1.97. The molecule has 21 heavy (non-hydrogen) atoms. The van der Waals surface area contributed by atoms with Crippen molar-refractivity contribution < 1.29 is 9.18 Å². The van der Waals surface area contributed by atoms with Crippen molar-refractivity contribution in [1.82, 2.24) is 5.32 Å². The van der Waals surface area contributed by atoms with E-state index in [2.05, 4.69) is 5.32 Å². The molecule has 2 nitrogen and oxygen atoms in total. The molecule has 1 unspecified atom stereocenters. The summed E-state index contributed by atoms with van der Waals surface area (Å²) in [5, 5.41) is 3.58. The smallest absolute Gasteiger partial charge is 0.251 e. The summed E-state index contributed by atoms with van der Waals surface area (Å²) < 4.78 is 12.9. The number of carbonyl (C=O) groups is 1. The van der Waals surface area contributed by atoms with Crippen molar-refractivity contribution in [3.8, 4) is 0 Å². The van der Waals surface area contributed by atoms with E-state index in [1.54, 1.807) is 24.3 Å². The van der Waals surface area contributed by atoms with Gasteiger partial charge in [0.25, 0.3) is 5.91 Å². The lowest BCUT2D eigenvalue weighted by molar-refractivity contribution is 0.0951. The van der Waals surface area contributed by atoms with Crippen LogP contribution in [0.4, 0.5) is 4.39 Å². The quantitative estimate of drug-likeness (QED) is 0.869. The van der Waals surface area contributed by atoms with Crippen LogP contribution in [0.25, 0.3) is 0 Å². The summed E-state index contributed by atoms with van der Waals surface area (Å²) in [5.41, 5.74) is 1.42. The van der Waals surface area contributed by atoms with E-state index in [0.29, 0.717) is 22.2 Å². The van der Waals surface area contributed by atoms with Gasteiger partial charge in [-0.25, -0.2) is 4.39 Å². The van der Waals surface area contributed by atoms with Crippen LogP contribution in [0, 0.1) is 5.82 Å². The second kappa shape index (κ2) is 6.92. The Morgan fingerprint density at radius 1 is 1.14 bits per heavy atom. The molecule has 0 radical (unpaired) electrons. The third kappa shape index (κ3) is 4.19. The molecule has 2 aromatic carbocycles. The topological polar surface area (TPSA) is 29.1 Å². The average molecular weight is 326 g/mol. The molecule has 2 rings (SSSR count). The van der Waals surface area contributed by atoms with Crippen LogP contribution in [0.3, 0.4) is 0 Å². The molecule has 110 valence electrons. The Bertz CT molecular complexity index is 643. The molecule has 1 N–H and O–H groups in total. The maximum Gasteiger partial charge on any atom is 0.251 e. The Morgan fingerprint density at radius 3 is 2.43 bits per heavy atom. The molecule has 0 heterocycles. The van der Waals surface area contributed by atoms with Gasteiger partial charge in [0.1, 0.15) is 5.82 Å². The second-order valence-electron chi connectivity index (χ2n) is 4.79. The Hall–Kier alpha value is -1.58. The van der Waals surface area contributed by atoms with Crippen LogP contribution in [0.5, 0.6) is 0 Å². The van der Waals surface area contributed by atoms with E-state index < -0.39 is 0 Å². The molecule has 0 saturated carbocycles. The number of benzene rings is 2. The fourth-order valence-electron chi connectivity index (χ4n) is 1.89. The summed E-state index contributed by atoms with van der Waals surface area (Å²) in [6.45, 7) is 2.41. The van der Waals surface area contributed by atoms with E-state index in [4.69, 9.17) is 23.2 Å². The van der Waals surface area contributed by atoms with Crippen LogP contribution in [0.15, 0.2) is 42.5 Å². The van der Waals surface area contributed by atoms with Gasteiger partial charge in [-0.2, -0.15) is 0 Å². The van der Waals surface area contributed by atoms with Crippen molar-refractivity contribution in [3.63, 3.8) is 0 Å². The predicted molar refractivity (Wildman–Crippen MR) is 83.6 cm³/mol. The molecule has 0 aliphatic heterocycles. The minimum atomic E-state index is -0.272. The molecule has 0 fully saturated rings. The van der Waals surface area contributed by atoms with Gasteiger partial charge in [0.05, 0.1) is 10.0 Å². The van der Waals surface area contributed by atoms with Crippen molar-refractivity contribution in [2.75, 3.05) is 6.54 Å². The molecule has 1 atom stereocenters. The molecule has 2 aromatic rings. The number of halogens is 3. The monoisotopic (exact) mass is 325 g/mol. The van der Waals surface area contributed by atoms with Gasteiger partial charge in [0.2, 0.25) is 0 Å². The number of amides is 1. The molecular weight excluding hydrogens is 312 g/mol. The highest BCUT2D eigenvalue weighted by atomic mass is 35.5. The van der Waals surface area contributed by atoms with Gasteiger partial charge < -0.3 is 5.32 Å². The summed E-state index contributed by atoms with van der Waals surface area (Å²) >= 11 is 11.7. The number of hydrogen-bond donors (Lipinski definition) is 1. The molecule has 0 aromatic heterocycles. The van der Waals surface area contributed by atoms with Crippen LogP contribution < -0.4 is 5.32 Å². The lowest BCUT2D eigenvalue weighted by Crippen LogP contribution is -2.27. The van der Waals surface area contributed by atoms with Crippen molar-refractivity contribution >= 4 is 29.1 Å². The van der Waals surface area contributed by atoms with Crippen LogP contribution in [-0.2, 0) is 0 Å². The highest BCUT2D eigenvalue weighted by Crippen LogP contribution is 2.22. The first kappa shape index (κ1) is 15.8. The molecule has 0 aliphatic carbocycles. The number of hydrogen-bond acceptors (Lipinski definition) is 1. The molecule has 5 heteroatoms. The molecular formula is C16H14Cl2FNO. The maximum absolute atomic E-state index is 12.9. The summed E-state index contributed by atoms with van der Waals surface area (Å²) in [7, 11) is 0. The van der Waals surface area contributed by atoms with E-state index in [9.17, 15) is 9.18 Å². The van der Waals surface area contributed by atoms with Crippen molar-refractivity contribution in [1.29, 1.82) is 0 Å². The summed E-state index contributed by atoms with van der Waals surface area (Å²) in [6, 6.07) is 11.0. The fourth-order valence-corrected chi connectivity index (χ4v) is 2.19. The normalized spacial score (nSPS) is 12.0. The van der Waals surface area contributed by atoms with Crippen molar-refractivity contribution in [3.05, 3.63) is 69.5 Å². The Labute approximate surface area is 132 Å². The zero-order chi connectivity index (χ0) is 15.4. The van der Waals surface area contributed by atoms with Gasteiger partial charge in [0, 0.05) is 12.1 Å². The van der Waals surface area contributed by atoms with Gasteiger partial charge in [-0.3, -0.25) is 4.79 Å². The van der Waals surface area contributed by atoms with Crippen LogP contribution in [0.1, 0.15) is 28.8 Å². The minimum absolute atomic E-state index is 0.0809. The van der Waals surface area contributed by atoms with Crippen LogP contribution in [0.2, 0.25) is 10.0 Å². The lowest BCUT2D eigenvalue weighted by atomic mass is 10.0. The van der Waals surface area contributed by atoms with Crippen molar-refractivity contribution in [2.24, 2.45) is 0 Å². The Kier molecular flexibility index (Phi) is 5.21. The number of rotatable bonds is 4. The third-order valence-corrected chi connectivity index (χ3v) is 3.93. The summed E-state index contributed by atoms with van der Waals surface area (Å²) in [4.78, 5) is 12.0. The predicted octanol–water partition coefficient (Wildman–Crippen LogP) is 4.67. The number of nitrogens with one attached hydrogen (secondary N) is 1. The molecule has 0 saturated heterocycles. The summed E-state index contributed by atoms with van der Waals surface area (Å²) in [5.74, 6) is -0.411. The summed E-state index contributed by atoms with van der Waals surface area (Å²) in [6.07, 6.45) is 0. The van der Waals surface area contributed by atoms with Crippen LogP contribution in [-0.4, -0.2) is 12.5 Å². The van der Waals surface area contributed by atoms with E-state index in [1.807, 2.05) is 6.92 Å². The highest BCUT2D eigenvalue weighted by molar-refractivity contribution is 6.42. The average Bonchev–Trinajstić information content (AvgIpc) is 2.48. The first-order chi connectivity index (χ1) is 9.97. The first-order valence-electron chi connectivity index (χ1n) is 6.46. The highest BCUT2D eigenvalue weighted by Gasteiger charge is 2.11. The zero-order valence-corrected chi connectivity index (χ0v) is 12.9. The SMILES string of the molecule is CC(CNC(=O)c1ccc(Cl)c(Cl)c1)c1ccc(F)cc1. The first-order valence-corrected chi connectivity index (χ1v) is 7.21. The van der Waals surface area contributed by atoms with Crippen LogP contribution >= 0.6 is 23.2 Å². The Morgan fingerprint density at radius 2 is 1.81 bits per heavy atom. The second-order valence-corrected chi connectivity index (χ2v) is 5.61. The van der Waals surface area contributed by atoms with E-state index in [0.717, 1.165) is 5.56 Å². The number of carbonyl (C=O) groups excluding carboxylic acids is 1. The largest absolute Gasteiger partial charge is 0.351 e. The van der Waals surface area contributed by atoms with E-state index in [-0.39, 0.29) is 17.6 Å². The van der Waals surface area contributed by atoms with Gasteiger partial charge in [-0.05, 0) is 41.8 Å². The fraction of sp³-hybridized carbons (Fsp3) is 0.188. The van der Waals surface area contributed by atoms with E-state index in [1.165, 1.54) is 18.2 Å². The molecule has 0 spiro atoms. The maximum atomic E-state index is 12.9.